The lowest BCUT2D eigenvalue weighted by atomic mass is 10.2. The van der Waals surface area contributed by atoms with Crippen LogP contribution in [0.2, 0.25) is 0 Å². The van der Waals surface area contributed by atoms with Crippen LogP contribution in [0.15, 0.2) is 42.6 Å². The highest BCUT2D eigenvalue weighted by molar-refractivity contribution is 5.63. The molecule has 0 aliphatic heterocycles. The summed E-state index contributed by atoms with van der Waals surface area (Å²) in [6, 6.07) is 12.3. The van der Waals surface area contributed by atoms with Crippen molar-refractivity contribution in [3.8, 4) is 0 Å². The fourth-order valence-electron chi connectivity index (χ4n) is 2.03. The molecular weight excluding hydrogens is 224 g/mol. The molecule has 3 heteroatoms. The van der Waals surface area contributed by atoms with E-state index in [1.807, 2.05) is 12.1 Å². The van der Waals surface area contributed by atoms with E-state index in [1.165, 1.54) is 5.56 Å². The number of aliphatic hydroxyl groups is 1. The van der Waals surface area contributed by atoms with Gasteiger partial charge in [-0.25, -0.2) is 0 Å². The number of aliphatic hydroxyl groups excluding tert-OH is 1. The van der Waals surface area contributed by atoms with Gasteiger partial charge in [-0.15, -0.1) is 0 Å². The lowest BCUT2D eigenvalue weighted by molar-refractivity contribution is 0.277. The van der Waals surface area contributed by atoms with Gasteiger partial charge in [0.1, 0.15) is 0 Å². The van der Waals surface area contributed by atoms with Gasteiger partial charge in [0.2, 0.25) is 0 Å². The van der Waals surface area contributed by atoms with Crippen LogP contribution in [0.5, 0.6) is 0 Å². The van der Waals surface area contributed by atoms with Gasteiger partial charge < -0.3 is 10.0 Å². The van der Waals surface area contributed by atoms with Crippen molar-refractivity contribution in [2.45, 2.75) is 20.5 Å². The van der Waals surface area contributed by atoms with E-state index in [-0.39, 0.29) is 6.61 Å². The van der Waals surface area contributed by atoms with Crippen molar-refractivity contribution in [3.63, 3.8) is 0 Å². The molecule has 94 valence electrons. The van der Waals surface area contributed by atoms with E-state index in [1.54, 1.807) is 6.20 Å². The van der Waals surface area contributed by atoms with E-state index in [4.69, 9.17) is 5.11 Å². The molecule has 1 heterocycles. The van der Waals surface area contributed by atoms with Crippen molar-refractivity contribution in [1.82, 2.24) is 4.98 Å². The number of hydrogen-bond acceptors (Lipinski definition) is 3. The van der Waals surface area contributed by atoms with Crippen molar-refractivity contribution in [2.75, 3.05) is 11.4 Å². The second kappa shape index (κ2) is 5.65. The van der Waals surface area contributed by atoms with Crippen LogP contribution >= 0.6 is 0 Å². The predicted molar refractivity (Wildman–Crippen MR) is 74.0 cm³/mol. The van der Waals surface area contributed by atoms with Crippen molar-refractivity contribution in [3.05, 3.63) is 53.9 Å². The summed E-state index contributed by atoms with van der Waals surface area (Å²) in [6.07, 6.45) is 1.74. The number of aryl methyl sites for hydroxylation is 1. The summed E-state index contributed by atoms with van der Waals surface area (Å²) >= 11 is 0. The van der Waals surface area contributed by atoms with Gasteiger partial charge in [-0.2, -0.15) is 0 Å². The molecule has 2 aromatic rings. The maximum Gasteiger partial charge on any atom is 0.0853 e. The van der Waals surface area contributed by atoms with Crippen molar-refractivity contribution < 1.29 is 5.11 Å². The van der Waals surface area contributed by atoms with Gasteiger partial charge in [0.25, 0.3) is 0 Å². The zero-order valence-electron chi connectivity index (χ0n) is 10.8. The third-order valence-corrected chi connectivity index (χ3v) is 2.90. The fraction of sp³-hybridized carbons (Fsp3) is 0.267. The van der Waals surface area contributed by atoms with Crippen LogP contribution in [-0.4, -0.2) is 16.6 Å². The molecule has 0 fully saturated rings. The number of nitrogens with zero attached hydrogens (tertiary/aromatic N) is 2. The Labute approximate surface area is 108 Å². The molecule has 0 radical (unpaired) electrons. The first kappa shape index (κ1) is 12.6. The van der Waals surface area contributed by atoms with Gasteiger partial charge in [0, 0.05) is 24.1 Å². The number of pyridine rings is 1. The molecule has 1 N–H and O–H groups in total. The van der Waals surface area contributed by atoms with Gasteiger partial charge in [-0.3, -0.25) is 4.98 Å². The van der Waals surface area contributed by atoms with Gasteiger partial charge in [0.05, 0.1) is 12.3 Å². The fourth-order valence-corrected chi connectivity index (χ4v) is 2.03. The highest BCUT2D eigenvalue weighted by Crippen LogP contribution is 2.25. The first-order chi connectivity index (χ1) is 8.74. The normalized spacial score (nSPS) is 10.4. The molecule has 3 nitrogen and oxygen atoms in total. The van der Waals surface area contributed by atoms with Crippen molar-refractivity contribution in [2.24, 2.45) is 0 Å². The molecule has 0 spiro atoms. The van der Waals surface area contributed by atoms with Crippen LogP contribution in [0.1, 0.15) is 18.2 Å². The number of hydrogen-bond donors (Lipinski definition) is 1. The summed E-state index contributed by atoms with van der Waals surface area (Å²) in [4.78, 5) is 6.31. The van der Waals surface area contributed by atoms with Crippen LogP contribution in [-0.2, 0) is 6.61 Å². The minimum atomic E-state index is -0.0286. The summed E-state index contributed by atoms with van der Waals surface area (Å²) in [5.74, 6) is 0. The number of aromatic nitrogens is 1. The van der Waals surface area contributed by atoms with Gasteiger partial charge >= 0.3 is 0 Å². The van der Waals surface area contributed by atoms with Crippen LogP contribution in [0.25, 0.3) is 0 Å². The molecule has 0 amide bonds. The number of rotatable bonds is 4. The standard InChI is InChI=1S/C15H18N2O/c1-3-17(14-6-4-5-12(2)9-14)15-7-8-16-13(10-15)11-18/h4-10,18H,3,11H2,1-2H3. The third-order valence-electron chi connectivity index (χ3n) is 2.90. The van der Waals surface area contributed by atoms with E-state index < -0.39 is 0 Å². The van der Waals surface area contributed by atoms with Gasteiger partial charge in [-0.05, 0) is 43.7 Å². The first-order valence-corrected chi connectivity index (χ1v) is 6.14. The summed E-state index contributed by atoms with van der Waals surface area (Å²) < 4.78 is 0. The molecule has 2 rings (SSSR count). The van der Waals surface area contributed by atoms with E-state index in [0.717, 1.165) is 17.9 Å². The molecule has 18 heavy (non-hydrogen) atoms. The number of anilines is 2. The van der Waals surface area contributed by atoms with Crippen molar-refractivity contribution in [1.29, 1.82) is 0 Å². The zero-order chi connectivity index (χ0) is 13.0. The second-order valence-electron chi connectivity index (χ2n) is 4.25. The first-order valence-electron chi connectivity index (χ1n) is 6.14. The Kier molecular flexibility index (Phi) is 3.95. The zero-order valence-corrected chi connectivity index (χ0v) is 10.8. The summed E-state index contributed by atoms with van der Waals surface area (Å²) in [5, 5.41) is 9.15. The van der Waals surface area contributed by atoms with Crippen LogP contribution < -0.4 is 4.90 Å². The topological polar surface area (TPSA) is 36.4 Å². The molecule has 0 saturated heterocycles. The Morgan fingerprint density at radius 1 is 1.17 bits per heavy atom. The lowest BCUT2D eigenvalue weighted by Crippen LogP contribution is -2.16. The molecule has 0 atom stereocenters. The minimum absolute atomic E-state index is 0.0286. The highest BCUT2D eigenvalue weighted by atomic mass is 16.3. The van der Waals surface area contributed by atoms with E-state index in [9.17, 15) is 0 Å². The monoisotopic (exact) mass is 242 g/mol. The Morgan fingerprint density at radius 3 is 2.61 bits per heavy atom. The largest absolute Gasteiger partial charge is 0.390 e. The molecular formula is C15H18N2O. The Bertz CT molecular complexity index is 525. The van der Waals surface area contributed by atoms with Crippen molar-refractivity contribution >= 4 is 11.4 Å². The molecule has 0 unspecified atom stereocenters. The van der Waals surface area contributed by atoms with Crippen LogP contribution in [0.3, 0.4) is 0 Å². The van der Waals surface area contributed by atoms with Gasteiger partial charge in [0.15, 0.2) is 0 Å². The van der Waals surface area contributed by atoms with Crippen LogP contribution in [0.4, 0.5) is 11.4 Å². The Hall–Kier alpha value is -1.87. The molecule has 0 aliphatic carbocycles. The highest BCUT2D eigenvalue weighted by Gasteiger charge is 2.08. The van der Waals surface area contributed by atoms with Crippen LogP contribution in [0, 0.1) is 6.92 Å². The molecule has 0 aliphatic rings. The van der Waals surface area contributed by atoms with E-state index in [2.05, 4.69) is 48.0 Å². The smallest absolute Gasteiger partial charge is 0.0853 e. The van der Waals surface area contributed by atoms with E-state index >= 15 is 0 Å². The third kappa shape index (κ3) is 2.68. The Morgan fingerprint density at radius 2 is 1.94 bits per heavy atom. The quantitative estimate of drug-likeness (QED) is 0.895. The maximum absolute atomic E-state index is 9.15. The average Bonchev–Trinajstić information content (AvgIpc) is 2.40. The maximum atomic E-state index is 9.15. The molecule has 1 aromatic carbocycles. The average molecular weight is 242 g/mol. The predicted octanol–water partition coefficient (Wildman–Crippen LogP) is 3.04. The second-order valence-corrected chi connectivity index (χ2v) is 4.25. The minimum Gasteiger partial charge on any atom is -0.390 e. The lowest BCUT2D eigenvalue weighted by Gasteiger charge is -2.24. The van der Waals surface area contributed by atoms with E-state index in [0.29, 0.717) is 5.69 Å². The SMILES string of the molecule is CCN(c1cccc(C)c1)c1ccnc(CO)c1. The molecule has 1 aromatic heterocycles. The number of benzene rings is 1. The summed E-state index contributed by atoms with van der Waals surface area (Å²) in [7, 11) is 0. The molecule has 0 saturated carbocycles. The summed E-state index contributed by atoms with van der Waals surface area (Å²) in [6.45, 7) is 5.04. The molecule has 0 bridgehead atoms. The van der Waals surface area contributed by atoms with Gasteiger partial charge in [-0.1, -0.05) is 12.1 Å². The Balaban J connectivity index is 2.38. The summed E-state index contributed by atoms with van der Waals surface area (Å²) in [5.41, 5.74) is 4.15.